The van der Waals surface area contributed by atoms with Gasteiger partial charge in [0.25, 0.3) is 0 Å². The smallest absolute Gasteiger partial charge is 0.181 e. The van der Waals surface area contributed by atoms with Gasteiger partial charge in [-0.25, -0.2) is 4.99 Å². The van der Waals surface area contributed by atoms with Crippen LogP contribution in [0.15, 0.2) is 53.5 Å². The van der Waals surface area contributed by atoms with Crippen molar-refractivity contribution in [1.29, 1.82) is 0 Å². The number of aromatic amines is 1. The first-order valence-corrected chi connectivity index (χ1v) is 7.55. The number of hydrogen-bond acceptors (Lipinski definition) is 3. The summed E-state index contributed by atoms with van der Waals surface area (Å²) in [7, 11) is 1.64. The van der Waals surface area contributed by atoms with Gasteiger partial charge in [0.15, 0.2) is 5.82 Å². The fraction of sp³-hybridized carbons (Fsp3) is 0.111. The van der Waals surface area contributed by atoms with E-state index in [0.717, 1.165) is 28.1 Å². The topological polar surface area (TPSA) is 50.3 Å². The van der Waals surface area contributed by atoms with Gasteiger partial charge in [0, 0.05) is 28.1 Å². The predicted octanol–water partition coefficient (Wildman–Crippen LogP) is 4.80. The number of aliphatic imine (C=N–C) groups is 1. The highest BCUT2D eigenvalue weighted by Crippen LogP contribution is 2.32. The lowest BCUT2D eigenvalue weighted by atomic mass is 10.1. The summed E-state index contributed by atoms with van der Waals surface area (Å²) in [4.78, 5) is 4.52. The zero-order valence-corrected chi connectivity index (χ0v) is 13.6. The molecule has 1 aromatic heterocycles. The molecule has 3 rings (SSSR count). The molecule has 0 aliphatic rings. The average Bonchev–Trinajstić information content (AvgIpc) is 2.95. The molecule has 116 valence electrons. The molecule has 0 spiro atoms. The van der Waals surface area contributed by atoms with Crippen LogP contribution in [0.5, 0.6) is 5.75 Å². The molecule has 0 fully saturated rings. The third kappa shape index (κ3) is 3.27. The van der Waals surface area contributed by atoms with Gasteiger partial charge in [-0.2, -0.15) is 5.10 Å². The highest BCUT2D eigenvalue weighted by Gasteiger charge is 2.11. The molecule has 3 aromatic rings. The van der Waals surface area contributed by atoms with Crippen LogP contribution in [0.25, 0.3) is 11.1 Å². The number of H-pyrrole nitrogens is 1. The van der Waals surface area contributed by atoms with E-state index in [2.05, 4.69) is 15.2 Å². The molecule has 0 amide bonds. The fourth-order valence-electron chi connectivity index (χ4n) is 2.38. The van der Waals surface area contributed by atoms with Crippen LogP contribution in [0, 0.1) is 6.92 Å². The van der Waals surface area contributed by atoms with E-state index in [1.807, 2.05) is 55.5 Å². The molecule has 0 saturated heterocycles. The third-order valence-corrected chi connectivity index (χ3v) is 3.78. The Kier molecular flexibility index (Phi) is 4.44. The van der Waals surface area contributed by atoms with Gasteiger partial charge < -0.3 is 4.74 Å². The minimum atomic E-state index is 0.635. The first-order chi connectivity index (χ1) is 11.2. The molecule has 0 bridgehead atoms. The molecule has 0 unspecified atom stereocenters. The van der Waals surface area contributed by atoms with E-state index in [1.54, 1.807) is 13.3 Å². The Morgan fingerprint density at radius 1 is 1.13 bits per heavy atom. The number of halogens is 1. The summed E-state index contributed by atoms with van der Waals surface area (Å²) in [5.74, 6) is 1.41. The van der Waals surface area contributed by atoms with E-state index in [9.17, 15) is 0 Å². The summed E-state index contributed by atoms with van der Waals surface area (Å²) < 4.78 is 5.33. The predicted molar refractivity (Wildman–Crippen MR) is 94.0 cm³/mol. The number of nitrogens with zero attached hydrogens (tertiary/aromatic N) is 2. The number of aromatic nitrogens is 2. The molecule has 2 aromatic carbocycles. The van der Waals surface area contributed by atoms with Gasteiger partial charge in [-0.3, -0.25) is 5.10 Å². The van der Waals surface area contributed by atoms with Crippen molar-refractivity contribution in [3.63, 3.8) is 0 Å². The second-order valence-corrected chi connectivity index (χ2v) is 5.49. The molecule has 0 saturated carbocycles. The fourth-order valence-corrected chi connectivity index (χ4v) is 2.50. The number of ether oxygens (including phenoxy) is 1. The minimum absolute atomic E-state index is 0.635. The van der Waals surface area contributed by atoms with Gasteiger partial charge in [0.1, 0.15) is 5.75 Å². The van der Waals surface area contributed by atoms with E-state index >= 15 is 0 Å². The molecule has 0 aliphatic carbocycles. The Hall–Kier alpha value is -2.59. The van der Waals surface area contributed by atoms with Crippen LogP contribution >= 0.6 is 11.6 Å². The Labute approximate surface area is 139 Å². The van der Waals surface area contributed by atoms with Crippen LogP contribution in [-0.4, -0.2) is 23.5 Å². The van der Waals surface area contributed by atoms with Gasteiger partial charge in [-0.1, -0.05) is 35.9 Å². The number of aryl methyl sites for hydroxylation is 1. The number of para-hydroxylation sites is 1. The van der Waals surface area contributed by atoms with Crippen molar-refractivity contribution in [3.05, 3.63) is 64.8 Å². The molecular weight excluding hydrogens is 310 g/mol. The van der Waals surface area contributed by atoms with Crippen molar-refractivity contribution in [1.82, 2.24) is 10.2 Å². The Bertz CT molecular complexity index is 838. The van der Waals surface area contributed by atoms with Gasteiger partial charge >= 0.3 is 0 Å². The molecule has 1 heterocycles. The van der Waals surface area contributed by atoms with Crippen LogP contribution in [0.2, 0.25) is 5.02 Å². The maximum absolute atomic E-state index is 5.96. The summed E-state index contributed by atoms with van der Waals surface area (Å²) >= 11 is 5.96. The number of benzene rings is 2. The van der Waals surface area contributed by atoms with Crippen molar-refractivity contribution in [2.24, 2.45) is 4.99 Å². The number of hydrogen-bond donors (Lipinski definition) is 1. The SMILES string of the molecule is COc1ccccc1C=Nc1n[nH]c(C)c1-c1ccc(Cl)cc1. The van der Waals surface area contributed by atoms with Crippen LogP contribution in [0.1, 0.15) is 11.3 Å². The Morgan fingerprint density at radius 3 is 2.61 bits per heavy atom. The zero-order valence-electron chi connectivity index (χ0n) is 12.9. The van der Waals surface area contributed by atoms with Crippen LogP contribution in [0.4, 0.5) is 5.82 Å². The van der Waals surface area contributed by atoms with E-state index in [4.69, 9.17) is 16.3 Å². The molecule has 23 heavy (non-hydrogen) atoms. The minimum Gasteiger partial charge on any atom is -0.496 e. The van der Waals surface area contributed by atoms with Gasteiger partial charge in [0.2, 0.25) is 0 Å². The standard InChI is InChI=1S/C18H16ClN3O/c1-12-17(13-7-9-15(19)10-8-13)18(22-21-12)20-11-14-5-3-4-6-16(14)23-2/h3-11H,1-2H3,(H,21,22). The molecule has 1 N–H and O–H groups in total. The molecule has 5 heteroatoms. The van der Waals surface area contributed by atoms with Crippen molar-refractivity contribution < 1.29 is 4.74 Å². The quantitative estimate of drug-likeness (QED) is 0.701. The lowest BCUT2D eigenvalue weighted by molar-refractivity contribution is 0.414. The van der Waals surface area contributed by atoms with Crippen LogP contribution in [-0.2, 0) is 0 Å². The number of nitrogens with one attached hydrogen (secondary N) is 1. The van der Waals surface area contributed by atoms with Crippen molar-refractivity contribution in [2.45, 2.75) is 6.92 Å². The lowest BCUT2D eigenvalue weighted by Gasteiger charge is -2.03. The summed E-state index contributed by atoms with van der Waals surface area (Å²) in [5.41, 5.74) is 3.85. The zero-order chi connectivity index (χ0) is 16.2. The average molecular weight is 326 g/mol. The van der Waals surface area contributed by atoms with Crippen LogP contribution in [0.3, 0.4) is 0 Å². The van der Waals surface area contributed by atoms with Gasteiger partial charge in [-0.05, 0) is 36.8 Å². The maximum Gasteiger partial charge on any atom is 0.181 e. The Balaban J connectivity index is 1.98. The molecule has 0 radical (unpaired) electrons. The molecule has 4 nitrogen and oxygen atoms in total. The van der Waals surface area contributed by atoms with Crippen molar-refractivity contribution in [3.8, 4) is 16.9 Å². The first kappa shape index (κ1) is 15.3. The summed E-state index contributed by atoms with van der Waals surface area (Å²) in [6.45, 7) is 1.97. The first-order valence-electron chi connectivity index (χ1n) is 7.17. The number of rotatable bonds is 4. The highest BCUT2D eigenvalue weighted by atomic mass is 35.5. The second kappa shape index (κ2) is 6.67. The molecule has 0 atom stereocenters. The summed E-state index contributed by atoms with van der Waals surface area (Å²) in [6.07, 6.45) is 1.76. The third-order valence-electron chi connectivity index (χ3n) is 3.53. The van der Waals surface area contributed by atoms with Crippen molar-refractivity contribution >= 4 is 23.6 Å². The van der Waals surface area contributed by atoms with Gasteiger partial charge in [0.05, 0.1) is 7.11 Å². The molecular formula is C18H16ClN3O. The van der Waals surface area contributed by atoms with Gasteiger partial charge in [-0.15, -0.1) is 0 Å². The van der Waals surface area contributed by atoms with E-state index < -0.39 is 0 Å². The van der Waals surface area contributed by atoms with Crippen molar-refractivity contribution in [2.75, 3.05) is 7.11 Å². The Morgan fingerprint density at radius 2 is 1.87 bits per heavy atom. The monoisotopic (exact) mass is 325 g/mol. The second-order valence-electron chi connectivity index (χ2n) is 5.05. The normalized spacial score (nSPS) is 11.1. The summed E-state index contributed by atoms with van der Waals surface area (Å²) in [5, 5.41) is 7.98. The molecule has 0 aliphatic heterocycles. The summed E-state index contributed by atoms with van der Waals surface area (Å²) in [6, 6.07) is 15.4. The van der Waals surface area contributed by atoms with E-state index in [0.29, 0.717) is 10.8 Å². The van der Waals surface area contributed by atoms with E-state index in [-0.39, 0.29) is 0 Å². The number of methoxy groups -OCH3 is 1. The lowest BCUT2D eigenvalue weighted by Crippen LogP contribution is -1.89. The van der Waals surface area contributed by atoms with E-state index in [1.165, 1.54) is 0 Å². The highest BCUT2D eigenvalue weighted by molar-refractivity contribution is 6.30. The largest absolute Gasteiger partial charge is 0.496 e. The maximum atomic E-state index is 5.96. The van der Waals surface area contributed by atoms with Crippen LogP contribution < -0.4 is 4.74 Å².